The fourth-order valence-electron chi connectivity index (χ4n) is 1.74. The van der Waals surface area contributed by atoms with Gasteiger partial charge in [0.15, 0.2) is 0 Å². The van der Waals surface area contributed by atoms with E-state index in [9.17, 15) is 0 Å². The molecule has 14 heavy (non-hydrogen) atoms. The standard InChI is InChI=1S/C11H15ClN2/c1-11(5-3-6-11)14-8-9-4-2-7-13-10(9)12/h2,4,7,14H,3,5-6,8H2,1H3. The lowest BCUT2D eigenvalue weighted by atomic mass is 9.78. The average Bonchev–Trinajstić information content (AvgIpc) is 2.14. The third-order valence-corrected chi connectivity index (χ3v) is 3.34. The molecule has 0 aliphatic heterocycles. The van der Waals surface area contributed by atoms with Crippen LogP contribution in [0.15, 0.2) is 18.3 Å². The molecular weight excluding hydrogens is 196 g/mol. The highest BCUT2D eigenvalue weighted by Crippen LogP contribution is 2.31. The lowest BCUT2D eigenvalue weighted by molar-refractivity contribution is 0.207. The minimum Gasteiger partial charge on any atom is -0.307 e. The largest absolute Gasteiger partial charge is 0.307 e. The van der Waals surface area contributed by atoms with E-state index in [0.717, 1.165) is 12.1 Å². The van der Waals surface area contributed by atoms with E-state index in [4.69, 9.17) is 11.6 Å². The van der Waals surface area contributed by atoms with Crippen molar-refractivity contribution in [1.29, 1.82) is 0 Å². The van der Waals surface area contributed by atoms with Gasteiger partial charge in [0.25, 0.3) is 0 Å². The number of nitrogens with one attached hydrogen (secondary N) is 1. The number of halogens is 1. The van der Waals surface area contributed by atoms with Crippen molar-refractivity contribution in [1.82, 2.24) is 10.3 Å². The van der Waals surface area contributed by atoms with Crippen LogP contribution in [-0.2, 0) is 6.54 Å². The summed E-state index contributed by atoms with van der Waals surface area (Å²) in [7, 11) is 0. The van der Waals surface area contributed by atoms with Gasteiger partial charge in [-0.05, 0) is 32.3 Å². The van der Waals surface area contributed by atoms with Crippen molar-refractivity contribution in [3.8, 4) is 0 Å². The van der Waals surface area contributed by atoms with Crippen molar-refractivity contribution in [2.24, 2.45) is 0 Å². The molecule has 1 fully saturated rings. The van der Waals surface area contributed by atoms with Crippen LogP contribution in [0.4, 0.5) is 0 Å². The van der Waals surface area contributed by atoms with Gasteiger partial charge in [-0.1, -0.05) is 17.7 Å². The molecule has 0 spiro atoms. The molecule has 3 heteroatoms. The predicted octanol–water partition coefficient (Wildman–Crippen LogP) is 2.77. The van der Waals surface area contributed by atoms with Crippen LogP contribution in [0.3, 0.4) is 0 Å². The van der Waals surface area contributed by atoms with Gasteiger partial charge in [0.1, 0.15) is 5.15 Å². The second kappa shape index (κ2) is 3.87. The Morgan fingerprint density at radius 1 is 1.57 bits per heavy atom. The number of hydrogen-bond acceptors (Lipinski definition) is 2. The van der Waals surface area contributed by atoms with Crippen LogP contribution >= 0.6 is 11.6 Å². The number of pyridine rings is 1. The molecule has 0 aromatic carbocycles. The first kappa shape index (κ1) is 9.94. The van der Waals surface area contributed by atoms with E-state index < -0.39 is 0 Å². The molecule has 0 bridgehead atoms. The van der Waals surface area contributed by atoms with Crippen molar-refractivity contribution in [3.63, 3.8) is 0 Å². The Morgan fingerprint density at radius 2 is 2.36 bits per heavy atom. The van der Waals surface area contributed by atoms with E-state index in [0.29, 0.717) is 10.7 Å². The van der Waals surface area contributed by atoms with E-state index in [2.05, 4.69) is 17.2 Å². The van der Waals surface area contributed by atoms with Crippen molar-refractivity contribution < 1.29 is 0 Å². The fourth-order valence-corrected chi connectivity index (χ4v) is 1.93. The van der Waals surface area contributed by atoms with Gasteiger partial charge in [-0.15, -0.1) is 0 Å². The lowest BCUT2D eigenvalue weighted by Gasteiger charge is -2.39. The molecule has 2 nitrogen and oxygen atoms in total. The lowest BCUT2D eigenvalue weighted by Crippen LogP contribution is -2.47. The Morgan fingerprint density at radius 3 is 2.93 bits per heavy atom. The number of rotatable bonds is 3. The summed E-state index contributed by atoms with van der Waals surface area (Å²) >= 11 is 5.96. The molecule has 0 unspecified atom stereocenters. The predicted molar refractivity (Wildman–Crippen MR) is 58.3 cm³/mol. The highest BCUT2D eigenvalue weighted by molar-refractivity contribution is 6.30. The molecule has 1 aliphatic carbocycles. The van der Waals surface area contributed by atoms with Crippen LogP contribution in [0.25, 0.3) is 0 Å². The van der Waals surface area contributed by atoms with E-state index in [1.807, 2.05) is 12.1 Å². The number of nitrogens with zero attached hydrogens (tertiary/aromatic N) is 1. The van der Waals surface area contributed by atoms with Gasteiger partial charge in [0.2, 0.25) is 0 Å². The summed E-state index contributed by atoms with van der Waals surface area (Å²) in [5.74, 6) is 0. The minimum absolute atomic E-state index is 0.333. The second-order valence-electron chi connectivity index (χ2n) is 4.22. The molecular formula is C11H15ClN2. The number of aromatic nitrogens is 1. The molecule has 1 N–H and O–H groups in total. The first-order chi connectivity index (χ1) is 6.70. The average molecular weight is 211 g/mol. The van der Waals surface area contributed by atoms with Gasteiger partial charge >= 0.3 is 0 Å². The van der Waals surface area contributed by atoms with Gasteiger partial charge in [-0.2, -0.15) is 0 Å². The van der Waals surface area contributed by atoms with Crippen LogP contribution < -0.4 is 5.32 Å². The van der Waals surface area contributed by atoms with Crippen molar-refractivity contribution in [3.05, 3.63) is 29.0 Å². The van der Waals surface area contributed by atoms with Crippen LogP contribution in [0, 0.1) is 0 Å². The van der Waals surface area contributed by atoms with Gasteiger partial charge < -0.3 is 5.32 Å². The second-order valence-corrected chi connectivity index (χ2v) is 4.58. The third-order valence-electron chi connectivity index (χ3n) is 3.00. The molecule has 0 radical (unpaired) electrons. The maximum absolute atomic E-state index is 5.96. The molecule has 1 aromatic heterocycles. The van der Waals surface area contributed by atoms with E-state index in [1.165, 1.54) is 19.3 Å². The molecule has 1 heterocycles. The first-order valence-corrected chi connectivity index (χ1v) is 5.42. The Hall–Kier alpha value is -0.600. The molecule has 0 saturated heterocycles. The van der Waals surface area contributed by atoms with Gasteiger partial charge in [-0.3, -0.25) is 0 Å². The summed E-state index contributed by atoms with van der Waals surface area (Å²) < 4.78 is 0. The highest BCUT2D eigenvalue weighted by atomic mass is 35.5. The normalized spacial score (nSPS) is 19.0. The SMILES string of the molecule is CC1(NCc2cccnc2Cl)CCC1. The van der Waals surface area contributed by atoms with Gasteiger partial charge in [0, 0.05) is 23.8 Å². The van der Waals surface area contributed by atoms with Crippen LogP contribution in [0.2, 0.25) is 5.15 Å². The smallest absolute Gasteiger partial charge is 0.133 e. The third kappa shape index (κ3) is 2.07. The van der Waals surface area contributed by atoms with Gasteiger partial charge in [-0.25, -0.2) is 4.98 Å². The zero-order chi connectivity index (χ0) is 10.0. The molecule has 0 atom stereocenters. The van der Waals surface area contributed by atoms with Crippen LogP contribution in [-0.4, -0.2) is 10.5 Å². The molecule has 1 saturated carbocycles. The van der Waals surface area contributed by atoms with E-state index in [-0.39, 0.29) is 0 Å². The van der Waals surface area contributed by atoms with E-state index in [1.54, 1.807) is 6.20 Å². The minimum atomic E-state index is 0.333. The molecule has 0 amide bonds. The molecule has 76 valence electrons. The summed E-state index contributed by atoms with van der Waals surface area (Å²) in [6, 6.07) is 3.94. The summed E-state index contributed by atoms with van der Waals surface area (Å²) in [6.07, 6.45) is 5.59. The van der Waals surface area contributed by atoms with Crippen LogP contribution in [0.5, 0.6) is 0 Å². The molecule has 1 aliphatic rings. The summed E-state index contributed by atoms with van der Waals surface area (Å²) in [4.78, 5) is 4.05. The summed E-state index contributed by atoms with van der Waals surface area (Å²) in [5, 5.41) is 4.14. The highest BCUT2D eigenvalue weighted by Gasteiger charge is 2.30. The van der Waals surface area contributed by atoms with Crippen LogP contribution in [0.1, 0.15) is 31.7 Å². The van der Waals surface area contributed by atoms with Gasteiger partial charge in [0.05, 0.1) is 0 Å². The monoisotopic (exact) mass is 210 g/mol. The maximum Gasteiger partial charge on any atom is 0.133 e. The Bertz CT molecular complexity index is 321. The van der Waals surface area contributed by atoms with E-state index >= 15 is 0 Å². The fraction of sp³-hybridized carbons (Fsp3) is 0.545. The number of hydrogen-bond donors (Lipinski definition) is 1. The summed E-state index contributed by atoms with van der Waals surface area (Å²) in [5.41, 5.74) is 1.42. The Balaban J connectivity index is 1.95. The Labute approximate surface area is 89.7 Å². The zero-order valence-corrected chi connectivity index (χ0v) is 9.14. The molecule has 1 aromatic rings. The van der Waals surface area contributed by atoms with Crippen molar-refractivity contribution in [2.45, 2.75) is 38.3 Å². The molecule has 2 rings (SSSR count). The summed E-state index contributed by atoms with van der Waals surface area (Å²) in [6.45, 7) is 3.09. The zero-order valence-electron chi connectivity index (χ0n) is 8.39. The maximum atomic E-state index is 5.96. The van der Waals surface area contributed by atoms with Crippen molar-refractivity contribution in [2.75, 3.05) is 0 Å². The Kier molecular flexibility index (Phi) is 2.75. The van der Waals surface area contributed by atoms with Crippen molar-refractivity contribution >= 4 is 11.6 Å². The quantitative estimate of drug-likeness (QED) is 0.777. The topological polar surface area (TPSA) is 24.9 Å². The first-order valence-electron chi connectivity index (χ1n) is 5.04.